The van der Waals surface area contributed by atoms with Crippen molar-refractivity contribution in [2.75, 3.05) is 13.1 Å². The minimum Gasteiger partial charge on any atom is -0.336 e. The van der Waals surface area contributed by atoms with Crippen molar-refractivity contribution >= 4 is 5.91 Å². The molecule has 108 valence electrons. The fraction of sp³-hybridized carbons (Fsp3) is 0.600. The maximum Gasteiger partial charge on any atom is 0.254 e. The summed E-state index contributed by atoms with van der Waals surface area (Å²) < 4.78 is 13.1. The van der Waals surface area contributed by atoms with E-state index in [9.17, 15) is 9.18 Å². The lowest BCUT2D eigenvalue weighted by Gasteiger charge is -2.43. The van der Waals surface area contributed by atoms with Gasteiger partial charge in [0.15, 0.2) is 0 Å². The largest absolute Gasteiger partial charge is 0.336 e. The summed E-state index contributed by atoms with van der Waals surface area (Å²) in [6.07, 6.45) is 3.65. The zero-order valence-electron chi connectivity index (χ0n) is 11.9. The summed E-state index contributed by atoms with van der Waals surface area (Å²) in [5.41, 5.74) is 0.398. The van der Waals surface area contributed by atoms with Gasteiger partial charge in [-0.3, -0.25) is 9.69 Å². The van der Waals surface area contributed by atoms with Crippen LogP contribution in [0.25, 0.3) is 0 Å². The highest BCUT2D eigenvalue weighted by atomic mass is 19.1. The van der Waals surface area contributed by atoms with Crippen LogP contribution in [-0.2, 0) is 0 Å². The van der Waals surface area contributed by atoms with Crippen molar-refractivity contribution in [3.8, 4) is 0 Å². The predicted molar refractivity (Wildman–Crippen MR) is 73.9 cm³/mol. The number of pyridine rings is 1. The predicted octanol–water partition coefficient (Wildman–Crippen LogP) is 1.92. The Kier molecular flexibility index (Phi) is 3.46. The Morgan fingerprint density at radius 1 is 1.35 bits per heavy atom. The standard InChI is InChI=1S/C15H20FN3O/c1-10(2)19-12-3-4-13(19)9-18(8-12)15(20)11-5-6-17-14(16)7-11/h5-7,10,12-13H,3-4,8-9H2,1-2H3. The van der Waals surface area contributed by atoms with Gasteiger partial charge >= 0.3 is 0 Å². The molecule has 0 radical (unpaired) electrons. The highest BCUT2D eigenvalue weighted by Crippen LogP contribution is 2.32. The second-order valence-electron chi connectivity index (χ2n) is 6.00. The van der Waals surface area contributed by atoms with Crippen molar-refractivity contribution in [1.82, 2.24) is 14.8 Å². The highest BCUT2D eigenvalue weighted by molar-refractivity contribution is 5.94. The monoisotopic (exact) mass is 277 g/mol. The average molecular weight is 277 g/mol. The summed E-state index contributed by atoms with van der Waals surface area (Å²) in [5, 5.41) is 0. The van der Waals surface area contributed by atoms with E-state index in [0.717, 1.165) is 25.9 Å². The van der Waals surface area contributed by atoms with E-state index in [1.807, 2.05) is 4.90 Å². The van der Waals surface area contributed by atoms with Crippen LogP contribution in [0.15, 0.2) is 18.3 Å². The molecular weight excluding hydrogens is 257 g/mol. The first kappa shape index (κ1) is 13.5. The molecule has 2 bridgehead atoms. The SMILES string of the molecule is CC(C)N1C2CCC1CN(C(=O)c1ccnc(F)c1)C2. The van der Waals surface area contributed by atoms with E-state index in [4.69, 9.17) is 0 Å². The minimum atomic E-state index is -0.598. The first-order valence-electron chi connectivity index (χ1n) is 7.24. The summed E-state index contributed by atoms with van der Waals surface area (Å²) in [4.78, 5) is 20.4. The molecule has 2 aliphatic heterocycles. The van der Waals surface area contributed by atoms with Crippen LogP contribution < -0.4 is 0 Å². The lowest BCUT2D eigenvalue weighted by molar-refractivity contribution is 0.0337. The summed E-state index contributed by atoms with van der Waals surface area (Å²) >= 11 is 0. The van der Waals surface area contributed by atoms with Gasteiger partial charge in [0.2, 0.25) is 5.95 Å². The van der Waals surface area contributed by atoms with Crippen LogP contribution in [0.5, 0.6) is 0 Å². The Labute approximate surface area is 118 Å². The molecule has 3 heterocycles. The molecule has 0 spiro atoms. The van der Waals surface area contributed by atoms with Crippen molar-refractivity contribution in [3.05, 3.63) is 29.8 Å². The maximum absolute atomic E-state index is 13.1. The van der Waals surface area contributed by atoms with E-state index in [1.54, 1.807) is 6.07 Å². The number of amides is 1. The molecule has 2 saturated heterocycles. The fourth-order valence-electron chi connectivity index (χ4n) is 3.66. The fourth-order valence-corrected chi connectivity index (χ4v) is 3.66. The Bertz CT molecular complexity index is 506. The Morgan fingerprint density at radius 2 is 2.00 bits per heavy atom. The molecule has 2 aliphatic rings. The van der Waals surface area contributed by atoms with Gasteiger partial charge in [-0.15, -0.1) is 0 Å². The third kappa shape index (κ3) is 2.30. The molecule has 4 nitrogen and oxygen atoms in total. The van der Waals surface area contributed by atoms with E-state index in [-0.39, 0.29) is 5.91 Å². The van der Waals surface area contributed by atoms with Crippen LogP contribution in [0.1, 0.15) is 37.0 Å². The number of fused-ring (bicyclic) bond motifs is 2. The molecule has 5 heteroatoms. The van der Waals surface area contributed by atoms with Gasteiger partial charge in [0, 0.05) is 49.0 Å². The molecular formula is C15H20FN3O. The van der Waals surface area contributed by atoms with E-state index in [0.29, 0.717) is 23.7 Å². The molecule has 2 atom stereocenters. The van der Waals surface area contributed by atoms with Crippen LogP contribution in [0.3, 0.4) is 0 Å². The molecule has 0 saturated carbocycles. The summed E-state index contributed by atoms with van der Waals surface area (Å²) in [6.45, 7) is 5.91. The van der Waals surface area contributed by atoms with Gasteiger partial charge in [-0.25, -0.2) is 4.98 Å². The molecule has 0 N–H and O–H groups in total. The van der Waals surface area contributed by atoms with Gasteiger partial charge in [-0.05, 0) is 32.8 Å². The lowest BCUT2D eigenvalue weighted by Crippen LogP contribution is -2.57. The molecule has 3 rings (SSSR count). The zero-order chi connectivity index (χ0) is 14.3. The smallest absolute Gasteiger partial charge is 0.254 e. The molecule has 1 aromatic rings. The number of carbonyl (C=O) groups is 1. The number of aromatic nitrogens is 1. The number of carbonyl (C=O) groups excluding carboxylic acids is 1. The number of halogens is 1. The third-order valence-corrected chi connectivity index (χ3v) is 4.40. The van der Waals surface area contributed by atoms with Gasteiger partial charge in [0.05, 0.1) is 0 Å². The summed E-state index contributed by atoms with van der Waals surface area (Å²) in [5.74, 6) is -0.675. The van der Waals surface area contributed by atoms with Gasteiger partial charge in [-0.1, -0.05) is 0 Å². The van der Waals surface area contributed by atoms with E-state index in [1.165, 1.54) is 12.3 Å². The van der Waals surface area contributed by atoms with Crippen molar-refractivity contribution in [2.24, 2.45) is 0 Å². The molecule has 1 aromatic heterocycles. The first-order chi connectivity index (χ1) is 9.56. The highest BCUT2D eigenvalue weighted by Gasteiger charge is 2.42. The molecule has 20 heavy (non-hydrogen) atoms. The maximum atomic E-state index is 13.1. The Balaban J connectivity index is 1.76. The van der Waals surface area contributed by atoms with Crippen molar-refractivity contribution in [2.45, 2.75) is 44.8 Å². The zero-order valence-corrected chi connectivity index (χ0v) is 11.9. The topological polar surface area (TPSA) is 36.4 Å². The van der Waals surface area contributed by atoms with Gasteiger partial charge < -0.3 is 4.90 Å². The van der Waals surface area contributed by atoms with Crippen LogP contribution in [0.4, 0.5) is 4.39 Å². The molecule has 2 unspecified atom stereocenters. The van der Waals surface area contributed by atoms with Crippen molar-refractivity contribution in [1.29, 1.82) is 0 Å². The summed E-state index contributed by atoms with van der Waals surface area (Å²) in [6, 6.07) is 4.22. The van der Waals surface area contributed by atoms with Gasteiger partial charge in [0.1, 0.15) is 0 Å². The second kappa shape index (κ2) is 5.13. The second-order valence-corrected chi connectivity index (χ2v) is 6.00. The number of nitrogens with zero attached hydrogens (tertiary/aromatic N) is 3. The average Bonchev–Trinajstić information content (AvgIpc) is 2.69. The molecule has 0 aliphatic carbocycles. The van der Waals surface area contributed by atoms with Crippen LogP contribution in [0, 0.1) is 5.95 Å². The first-order valence-corrected chi connectivity index (χ1v) is 7.24. The normalized spacial score (nSPS) is 26.3. The van der Waals surface area contributed by atoms with Crippen LogP contribution in [-0.4, -0.2) is 51.9 Å². The van der Waals surface area contributed by atoms with Crippen LogP contribution in [0.2, 0.25) is 0 Å². The quantitative estimate of drug-likeness (QED) is 0.775. The third-order valence-electron chi connectivity index (χ3n) is 4.40. The van der Waals surface area contributed by atoms with E-state index in [2.05, 4.69) is 23.7 Å². The lowest BCUT2D eigenvalue weighted by atomic mass is 10.1. The van der Waals surface area contributed by atoms with E-state index < -0.39 is 5.95 Å². The number of hydrogen-bond donors (Lipinski definition) is 0. The Morgan fingerprint density at radius 3 is 2.55 bits per heavy atom. The molecule has 2 fully saturated rings. The van der Waals surface area contributed by atoms with E-state index >= 15 is 0 Å². The molecule has 0 aromatic carbocycles. The number of likely N-dealkylation sites (tertiary alicyclic amines) is 1. The number of rotatable bonds is 2. The number of piperazine rings is 1. The number of hydrogen-bond acceptors (Lipinski definition) is 3. The Hall–Kier alpha value is -1.49. The molecule has 1 amide bonds. The van der Waals surface area contributed by atoms with Gasteiger partial charge in [-0.2, -0.15) is 4.39 Å². The van der Waals surface area contributed by atoms with Crippen molar-refractivity contribution in [3.63, 3.8) is 0 Å². The van der Waals surface area contributed by atoms with Gasteiger partial charge in [0.25, 0.3) is 5.91 Å². The summed E-state index contributed by atoms with van der Waals surface area (Å²) in [7, 11) is 0. The minimum absolute atomic E-state index is 0.0772. The van der Waals surface area contributed by atoms with Crippen molar-refractivity contribution < 1.29 is 9.18 Å². The van der Waals surface area contributed by atoms with Crippen LogP contribution >= 0.6 is 0 Å².